The van der Waals surface area contributed by atoms with E-state index in [-0.39, 0.29) is 5.91 Å². The molecule has 0 radical (unpaired) electrons. The van der Waals surface area contributed by atoms with Crippen LogP contribution in [0, 0.1) is 0 Å². The van der Waals surface area contributed by atoms with E-state index in [2.05, 4.69) is 4.98 Å². The summed E-state index contributed by atoms with van der Waals surface area (Å²) in [5.41, 5.74) is 1.76. The molecule has 1 amide bonds. The fraction of sp³-hybridized carbons (Fsp3) is 0.125. The molecule has 2 aromatic rings. The Hall–Kier alpha value is -2.42. The van der Waals surface area contributed by atoms with Gasteiger partial charge in [0.25, 0.3) is 0 Å². The van der Waals surface area contributed by atoms with Crippen LogP contribution in [0.25, 0.3) is 6.08 Å². The molecule has 96 valence electrons. The molecule has 0 fully saturated rings. The quantitative estimate of drug-likeness (QED) is 0.837. The molecule has 0 unspecified atom stereocenters. The normalized spacial score (nSPS) is 10.6. The van der Waals surface area contributed by atoms with E-state index in [0.717, 1.165) is 11.4 Å². The first-order valence-electron chi connectivity index (χ1n) is 6.16. The van der Waals surface area contributed by atoms with Crippen LogP contribution in [0.2, 0.25) is 0 Å². The van der Waals surface area contributed by atoms with Crippen molar-refractivity contribution in [3.63, 3.8) is 0 Å². The van der Waals surface area contributed by atoms with Gasteiger partial charge in [0.2, 0.25) is 5.91 Å². The summed E-state index contributed by atoms with van der Waals surface area (Å²) in [7, 11) is 1.78. The van der Waals surface area contributed by atoms with Gasteiger partial charge < -0.3 is 4.90 Å². The lowest BCUT2D eigenvalue weighted by Crippen LogP contribution is -2.25. The zero-order valence-corrected chi connectivity index (χ0v) is 10.9. The number of carbonyl (C=O) groups excluding carboxylic acids is 1. The van der Waals surface area contributed by atoms with Crippen molar-refractivity contribution < 1.29 is 4.79 Å². The SMILES string of the molecule is CN(C(=O)C/C=C/c1ccccn1)c1ccccc1. The summed E-state index contributed by atoms with van der Waals surface area (Å²) in [6.07, 6.45) is 5.79. The smallest absolute Gasteiger partial charge is 0.230 e. The first-order valence-corrected chi connectivity index (χ1v) is 6.16. The Morgan fingerprint density at radius 1 is 1.16 bits per heavy atom. The van der Waals surface area contributed by atoms with E-state index in [1.165, 1.54) is 0 Å². The molecule has 1 aromatic heterocycles. The summed E-state index contributed by atoms with van der Waals surface area (Å²) in [4.78, 5) is 17.8. The van der Waals surface area contributed by atoms with Gasteiger partial charge in [-0.25, -0.2) is 0 Å². The van der Waals surface area contributed by atoms with Gasteiger partial charge in [-0.15, -0.1) is 0 Å². The highest BCUT2D eigenvalue weighted by Crippen LogP contribution is 2.12. The van der Waals surface area contributed by atoms with Crippen molar-refractivity contribution in [2.75, 3.05) is 11.9 Å². The maximum atomic E-state index is 12.0. The topological polar surface area (TPSA) is 33.2 Å². The third-order valence-electron chi connectivity index (χ3n) is 2.79. The number of pyridine rings is 1. The molecule has 0 saturated carbocycles. The second-order valence-electron chi connectivity index (χ2n) is 4.15. The van der Waals surface area contributed by atoms with Crippen LogP contribution in [0.4, 0.5) is 5.69 Å². The van der Waals surface area contributed by atoms with Crippen molar-refractivity contribution in [3.05, 3.63) is 66.5 Å². The average molecular weight is 252 g/mol. The second kappa shape index (κ2) is 6.50. The van der Waals surface area contributed by atoms with Crippen LogP contribution in [0.3, 0.4) is 0 Å². The van der Waals surface area contributed by atoms with Gasteiger partial charge in [-0.05, 0) is 30.3 Å². The van der Waals surface area contributed by atoms with Crippen LogP contribution in [-0.4, -0.2) is 17.9 Å². The summed E-state index contributed by atoms with van der Waals surface area (Å²) in [5.74, 6) is 0.0541. The number of carbonyl (C=O) groups is 1. The number of anilines is 1. The average Bonchev–Trinajstić information content (AvgIpc) is 2.48. The number of benzene rings is 1. The van der Waals surface area contributed by atoms with Gasteiger partial charge in [-0.3, -0.25) is 9.78 Å². The Morgan fingerprint density at radius 2 is 1.89 bits per heavy atom. The summed E-state index contributed by atoms with van der Waals surface area (Å²) in [5, 5.41) is 0. The lowest BCUT2D eigenvalue weighted by atomic mass is 10.2. The summed E-state index contributed by atoms with van der Waals surface area (Å²) >= 11 is 0. The number of aromatic nitrogens is 1. The van der Waals surface area contributed by atoms with Crippen LogP contribution in [0.5, 0.6) is 0 Å². The van der Waals surface area contributed by atoms with Crippen molar-refractivity contribution in [2.24, 2.45) is 0 Å². The molecule has 0 aliphatic heterocycles. The molecule has 0 atom stereocenters. The predicted octanol–water partition coefficient (Wildman–Crippen LogP) is 3.15. The molecule has 3 nitrogen and oxygen atoms in total. The molecule has 0 aliphatic carbocycles. The number of amides is 1. The Labute approximate surface area is 113 Å². The summed E-state index contributed by atoms with van der Waals surface area (Å²) in [6.45, 7) is 0. The minimum absolute atomic E-state index is 0.0541. The number of rotatable bonds is 4. The molecule has 3 heteroatoms. The van der Waals surface area contributed by atoms with Crippen LogP contribution >= 0.6 is 0 Å². The van der Waals surface area contributed by atoms with Crippen LogP contribution in [-0.2, 0) is 4.79 Å². The van der Waals surface area contributed by atoms with Crippen molar-refractivity contribution in [1.29, 1.82) is 0 Å². The summed E-state index contributed by atoms with van der Waals surface area (Å²) in [6, 6.07) is 15.3. The van der Waals surface area contributed by atoms with Crippen molar-refractivity contribution >= 4 is 17.7 Å². The first-order chi connectivity index (χ1) is 9.27. The van der Waals surface area contributed by atoms with E-state index < -0.39 is 0 Å². The monoisotopic (exact) mass is 252 g/mol. The third kappa shape index (κ3) is 3.78. The fourth-order valence-electron chi connectivity index (χ4n) is 1.69. The standard InChI is InChI=1S/C16H16N2O/c1-18(15-10-3-2-4-11-15)16(19)12-7-9-14-8-5-6-13-17-14/h2-11,13H,12H2,1H3/b9-7+. The lowest BCUT2D eigenvalue weighted by Gasteiger charge is -2.16. The Bertz CT molecular complexity index is 549. The van der Waals surface area contributed by atoms with E-state index in [0.29, 0.717) is 6.42 Å². The number of hydrogen-bond acceptors (Lipinski definition) is 2. The van der Waals surface area contributed by atoms with Gasteiger partial charge >= 0.3 is 0 Å². The molecule has 0 N–H and O–H groups in total. The zero-order chi connectivity index (χ0) is 13.5. The lowest BCUT2D eigenvalue weighted by molar-refractivity contribution is -0.117. The van der Waals surface area contributed by atoms with Gasteiger partial charge in [0.1, 0.15) is 0 Å². The van der Waals surface area contributed by atoms with Gasteiger partial charge in [-0.1, -0.05) is 30.3 Å². The number of nitrogens with zero attached hydrogens (tertiary/aromatic N) is 2. The van der Waals surface area contributed by atoms with E-state index in [1.807, 2.05) is 60.7 Å². The highest BCUT2D eigenvalue weighted by molar-refractivity contribution is 5.93. The van der Waals surface area contributed by atoms with Crippen LogP contribution < -0.4 is 4.90 Å². The number of hydrogen-bond donors (Lipinski definition) is 0. The first kappa shape index (κ1) is 13.0. The molecular weight excluding hydrogens is 236 g/mol. The Morgan fingerprint density at radius 3 is 2.58 bits per heavy atom. The molecule has 1 heterocycles. The molecule has 0 aliphatic rings. The van der Waals surface area contributed by atoms with E-state index >= 15 is 0 Å². The largest absolute Gasteiger partial charge is 0.315 e. The van der Waals surface area contributed by atoms with Gasteiger partial charge in [0.05, 0.1) is 5.69 Å². The molecule has 0 saturated heterocycles. The van der Waals surface area contributed by atoms with E-state index in [9.17, 15) is 4.79 Å². The third-order valence-corrected chi connectivity index (χ3v) is 2.79. The Kier molecular flexibility index (Phi) is 4.45. The predicted molar refractivity (Wildman–Crippen MR) is 77.7 cm³/mol. The zero-order valence-electron chi connectivity index (χ0n) is 10.9. The maximum Gasteiger partial charge on any atom is 0.230 e. The van der Waals surface area contributed by atoms with Gasteiger partial charge in [-0.2, -0.15) is 0 Å². The van der Waals surface area contributed by atoms with E-state index in [1.54, 1.807) is 18.1 Å². The van der Waals surface area contributed by atoms with E-state index in [4.69, 9.17) is 0 Å². The molecule has 1 aromatic carbocycles. The summed E-state index contributed by atoms with van der Waals surface area (Å²) < 4.78 is 0. The molecule has 19 heavy (non-hydrogen) atoms. The molecule has 0 bridgehead atoms. The highest BCUT2D eigenvalue weighted by Gasteiger charge is 2.07. The van der Waals surface area contributed by atoms with Crippen LogP contribution in [0.1, 0.15) is 12.1 Å². The van der Waals surface area contributed by atoms with Crippen LogP contribution in [0.15, 0.2) is 60.8 Å². The van der Waals surface area contributed by atoms with Gasteiger partial charge in [0, 0.05) is 25.4 Å². The minimum atomic E-state index is 0.0541. The molecule has 0 spiro atoms. The van der Waals surface area contributed by atoms with Gasteiger partial charge in [0.15, 0.2) is 0 Å². The second-order valence-corrected chi connectivity index (χ2v) is 4.15. The Balaban J connectivity index is 1.93. The number of para-hydroxylation sites is 1. The molecule has 2 rings (SSSR count). The molecular formula is C16H16N2O. The fourth-order valence-corrected chi connectivity index (χ4v) is 1.69. The maximum absolute atomic E-state index is 12.0. The van der Waals surface area contributed by atoms with Crippen molar-refractivity contribution in [1.82, 2.24) is 4.98 Å². The highest BCUT2D eigenvalue weighted by atomic mass is 16.2. The minimum Gasteiger partial charge on any atom is -0.315 e. The van der Waals surface area contributed by atoms with Crippen molar-refractivity contribution in [3.8, 4) is 0 Å². The van der Waals surface area contributed by atoms with Crippen molar-refractivity contribution in [2.45, 2.75) is 6.42 Å².